The molecule has 0 bridgehead atoms. The van der Waals surface area contributed by atoms with E-state index in [1.165, 1.54) is 62.6 Å². The molecule has 0 aliphatic rings. The average molecular weight is 620 g/mol. The van der Waals surface area contributed by atoms with E-state index in [9.17, 15) is 5.26 Å². The van der Waals surface area contributed by atoms with Gasteiger partial charge in [-0.25, -0.2) is 0 Å². The number of thiophene rings is 2. The van der Waals surface area contributed by atoms with Crippen LogP contribution in [0.1, 0.15) is 5.56 Å². The predicted molar refractivity (Wildman–Crippen MR) is 199 cm³/mol. The van der Waals surface area contributed by atoms with Crippen LogP contribution >= 0.6 is 22.7 Å². The fraction of sp³-hybridized carbons (Fsp3) is 0. The summed E-state index contributed by atoms with van der Waals surface area (Å²) in [6, 6.07) is 56.7. The molecule has 0 aliphatic heterocycles. The molecule has 9 rings (SSSR count). The second-order valence-corrected chi connectivity index (χ2v) is 13.8. The zero-order valence-corrected chi connectivity index (χ0v) is 26.3. The molecule has 1 nitrogen and oxygen atoms in total. The van der Waals surface area contributed by atoms with Gasteiger partial charge in [0, 0.05) is 45.9 Å². The third kappa shape index (κ3) is 4.35. The molecule has 7 aromatic carbocycles. The maximum Gasteiger partial charge on any atom is 0.0998 e. The molecular formula is C43H25NS2. The highest BCUT2D eigenvalue weighted by molar-refractivity contribution is 7.26. The normalized spacial score (nSPS) is 11.5. The average Bonchev–Trinajstić information content (AvgIpc) is 3.69. The van der Waals surface area contributed by atoms with Gasteiger partial charge in [-0.2, -0.15) is 5.26 Å². The Kier molecular flexibility index (Phi) is 6.31. The van der Waals surface area contributed by atoms with E-state index in [0.29, 0.717) is 5.56 Å². The molecule has 0 amide bonds. The Hall–Kier alpha value is -5.53. The van der Waals surface area contributed by atoms with Crippen molar-refractivity contribution in [1.82, 2.24) is 0 Å². The Morgan fingerprint density at radius 3 is 1.76 bits per heavy atom. The summed E-state index contributed by atoms with van der Waals surface area (Å²) >= 11 is 3.70. The summed E-state index contributed by atoms with van der Waals surface area (Å²) < 4.78 is 5.20. The summed E-state index contributed by atoms with van der Waals surface area (Å²) in [5.41, 5.74) is 9.69. The Labute approximate surface area is 274 Å². The van der Waals surface area contributed by atoms with Gasteiger partial charge in [0.25, 0.3) is 0 Å². The zero-order chi connectivity index (χ0) is 30.6. The zero-order valence-electron chi connectivity index (χ0n) is 24.7. The first kappa shape index (κ1) is 26.8. The molecular weight excluding hydrogens is 595 g/mol. The van der Waals surface area contributed by atoms with Crippen molar-refractivity contribution in [2.45, 2.75) is 0 Å². The van der Waals surface area contributed by atoms with Crippen LogP contribution in [-0.4, -0.2) is 0 Å². The van der Waals surface area contributed by atoms with Crippen LogP contribution in [0.5, 0.6) is 0 Å². The Balaban J connectivity index is 1.33. The van der Waals surface area contributed by atoms with E-state index in [1.807, 2.05) is 40.9 Å². The number of hydrogen-bond acceptors (Lipinski definition) is 3. The van der Waals surface area contributed by atoms with Gasteiger partial charge in [-0.15, -0.1) is 22.7 Å². The molecule has 46 heavy (non-hydrogen) atoms. The lowest BCUT2D eigenvalue weighted by Gasteiger charge is -2.16. The Bertz CT molecular complexity index is 2670. The minimum absolute atomic E-state index is 0.677. The topological polar surface area (TPSA) is 23.8 Å². The van der Waals surface area contributed by atoms with Crippen LogP contribution in [0.2, 0.25) is 0 Å². The molecule has 0 saturated carbocycles. The summed E-state index contributed by atoms with van der Waals surface area (Å²) in [5.74, 6) is 0. The third-order valence-corrected chi connectivity index (χ3v) is 11.2. The van der Waals surface area contributed by atoms with Crippen LogP contribution in [0.25, 0.3) is 84.9 Å². The minimum atomic E-state index is 0.677. The van der Waals surface area contributed by atoms with Gasteiger partial charge in [0.1, 0.15) is 0 Å². The highest BCUT2D eigenvalue weighted by Crippen LogP contribution is 2.44. The lowest BCUT2D eigenvalue weighted by molar-refractivity contribution is 1.47. The van der Waals surface area contributed by atoms with Gasteiger partial charge in [-0.3, -0.25) is 0 Å². The van der Waals surface area contributed by atoms with Crippen molar-refractivity contribution in [2.24, 2.45) is 0 Å². The molecule has 0 atom stereocenters. The van der Waals surface area contributed by atoms with E-state index in [0.717, 1.165) is 22.3 Å². The van der Waals surface area contributed by atoms with Crippen molar-refractivity contribution in [2.75, 3.05) is 0 Å². The van der Waals surface area contributed by atoms with E-state index in [1.54, 1.807) is 0 Å². The van der Waals surface area contributed by atoms with E-state index in [2.05, 4.69) is 140 Å². The molecule has 2 heterocycles. The molecule has 0 aliphatic carbocycles. The van der Waals surface area contributed by atoms with Gasteiger partial charge in [-0.05, 0) is 93.5 Å². The van der Waals surface area contributed by atoms with Crippen LogP contribution in [0.3, 0.4) is 0 Å². The van der Waals surface area contributed by atoms with E-state index in [4.69, 9.17) is 0 Å². The van der Waals surface area contributed by atoms with Gasteiger partial charge >= 0.3 is 0 Å². The molecule has 0 fully saturated rings. The largest absolute Gasteiger partial charge is 0.192 e. The smallest absolute Gasteiger partial charge is 0.0998 e. The SMILES string of the molecule is N#Cc1ccccc1-c1ccccc1-c1cc(-c2ccc3sc4ccccc4c3c2)cc(-c2cccc3sc4ccccc4c23)c1. The van der Waals surface area contributed by atoms with Crippen LogP contribution in [-0.2, 0) is 0 Å². The summed E-state index contributed by atoms with van der Waals surface area (Å²) in [6.07, 6.45) is 0. The molecule has 0 spiro atoms. The van der Waals surface area contributed by atoms with Crippen molar-refractivity contribution >= 4 is 63.0 Å². The van der Waals surface area contributed by atoms with E-state index in [-0.39, 0.29) is 0 Å². The first-order chi connectivity index (χ1) is 22.7. The van der Waals surface area contributed by atoms with Crippen molar-refractivity contribution < 1.29 is 0 Å². The van der Waals surface area contributed by atoms with E-state index < -0.39 is 0 Å². The molecule has 0 unspecified atom stereocenters. The number of nitrogens with zero attached hydrogens (tertiary/aromatic N) is 1. The van der Waals surface area contributed by atoms with Crippen LogP contribution in [0.4, 0.5) is 0 Å². The predicted octanol–water partition coefficient (Wildman–Crippen LogP) is 13.0. The van der Waals surface area contributed by atoms with Crippen LogP contribution < -0.4 is 0 Å². The summed E-state index contributed by atoms with van der Waals surface area (Å²) in [6.45, 7) is 0. The molecule has 0 saturated heterocycles. The van der Waals surface area contributed by atoms with Gasteiger partial charge in [0.05, 0.1) is 11.6 Å². The number of nitriles is 1. The lowest BCUT2D eigenvalue weighted by atomic mass is 9.88. The maximum absolute atomic E-state index is 9.99. The van der Waals surface area contributed by atoms with Crippen molar-refractivity contribution in [3.05, 3.63) is 157 Å². The van der Waals surface area contributed by atoms with E-state index >= 15 is 0 Å². The van der Waals surface area contributed by atoms with Gasteiger partial charge in [0.2, 0.25) is 0 Å². The molecule has 3 heteroatoms. The minimum Gasteiger partial charge on any atom is -0.192 e. The first-order valence-electron chi connectivity index (χ1n) is 15.3. The first-order valence-corrected chi connectivity index (χ1v) is 16.9. The van der Waals surface area contributed by atoms with Crippen molar-refractivity contribution in [1.29, 1.82) is 5.26 Å². The number of hydrogen-bond donors (Lipinski definition) is 0. The fourth-order valence-corrected chi connectivity index (χ4v) is 9.03. The van der Waals surface area contributed by atoms with Gasteiger partial charge in [0.15, 0.2) is 0 Å². The maximum atomic E-state index is 9.99. The third-order valence-electron chi connectivity index (χ3n) is 8.93. The number of benzene rings is 7. The molecule has 0 N–H and O–H groups in total. The second kappa shape index (κ2) is 10.8. The van der Waals surface area contributed by atoms with Crippen LogP contribution in [0.15, 0.2) is 152 Å². The Morgan fingerprint density at radius 1 is 0.370 bits per heavy atom. The van der Waals surface area contributed by atoms with Crippen LogP contribution in [0, 0.1) is 11.3 Å². The summed E-state index contributed by atoms with van der Waals surface area (Å²) in [7, 11) is 0. The molecule has 0 radical (unpaired) electrons. The molecule has 2 aromatic heterocycles. The summed E-state index contributed by atoms with van der Waals surface area (Å²) in [5, 5.41) is 15.2. The fourth-order valence-electron chi connectivity index (χ4n) is 6.81. The molecule has 214 valence electrons. The quantitative estimate of drug-likeness (QED) is 0.192. The van der Waals surface area contributed by atoms with Crippen molar-refractivity contribution in [3.63, 3.8) is 0 Å². The monoisotopic (exact) mass is 619 g/mol. The molecule has 9 aromatic rings. The lowest BCUT2D eigenvalue weighted by Crippen LogP contribution is -1.91. The number of rotatable bonds is 4. The Morgan fingerprint density at radius 2 is 0.935 bits per heavy atom. The highest BCUT2D eigenvalue weighted by atomic mass is 32.1. The van der Waals surface area contributed by atoms with Gasteiger partial charge < -0.3 is 0 Å². The second-order valence-electron chi connectivity index (χ2n) is 11.6. The van der Waals surface area contributed by atoms with Crippen molar-refractivity contribution in [3.8, 4) is 50.6 Å². The number of fused-ring (bicyclic) bond motifs is 6. The standard InChI is InChI=1S/C43H25NS2/c44-26-28-10-1-2-11-32(28)35-13-4-3-12-33(35)30-22-29(27-20-21-41-38(25-27)36-14-5-7-17-39(36)45-41)23-31(24-30)34-16-9-19-42-43(34)37-15-6-8-18-40(37)46-42/h1-25H. The summed E-state index contributed by atoms with van der Waals surface area (Å²) in [4.78, 5) is 0. The highest BCUT2D eigenvalue weighted by Gasteiger charge is 2.17. The van der Waals surface area contributed by atoms with Gasteiger partial charge in [-0.1, -0.05) is 97.1 Å².